The van der Waals surface area contributed by atoms with Crippen molar-refractivity contribution in [3.63, 3.8) is 0 Å². The van der Waals surface area contributed by atoms with Crippen LogP contribution in [0.2, 0.25) is 0 Å². The van der Waals surface area contributed by atoms with Crippen LogP contribution in [0, 0.1) is 6.92 Å². The fourth-order valence-corrected chi connectivity index (χ4v) is 3.53. The van der Waals surface area contributed by atoms with E-state index in [1.54, 1.807) is 18.2 Å². The minimum Gasteiger partial charge on any atom is -0.491 e. The number of rotatable bonds is 7. The Morgan fingerprint density at radius 1 is 1.30 bits per heavy atom. The summed E-state index contributed by atoms with van der Waals surface area (Å²) < 4.78 is 38.3. The largest absolute Gasteiger partial charge is 0.491 e. The standard InChI is InChI=1S/C16H26N2O4S/c1-13(2)22-16-5-4-15(12-14(16)3)23(19,20)17-6-7-18-8-10-21-11-9-18/h4-5,12-13,17H,6-11H2,1-3H3. The molecule has 1 aromatic rings. The summed E-state index contributed by atoms with van der Waals surface area (Å²) in [5, 5.41) is 0. The van der Waals surface area contributed by atoms with Crippen molar-refractivity contribution >= 4 is 10.0 Å². The van der Waals surface area contributed by atoms with Gasteiger partial charge in [0.05, 0.1) is 24.2 Å². The molecular formula is C16H26N2O4S. The number of hydrogen-bond donors (Lipinski definition) is 1. The van der Waals surface area contributed by atoms with E-state index in [1.165, 1.54) is 0 Å². The van der Waals surface area contributed by atoms with E-state index in [0.29, 0.717) is 32.1 Å². The van der Waals surface area contributed by atoms with Crippen LogP contribution in [0.25, 0.3) is 0 Å². The van der Waals surface area contributed by atoms with Gasteiger partial charge in [0.2, 0.25) is 10.0 Å². The molecule has 0 spiro atoms. The molecule has 1 fully saturated rings. The molecule has 1 heterocycles. The summed E-state index contributed by atoms with van der Waals surface area (Å²) in [6, 6.07) is 4.95. The van der Waals surface area contributed by atoms with Gasteiger partial charge in [-0.15, -0.1) is 0 Å². The zero-order valence-corrected chi connectivity index (χ0v) is 14.9. The lowest BCUT2D eigenvalue weighted by atomic mass is 10.2. The van der Waals surface area contributed by atoms with E-state index in [1.807, 2.05) is 20.8 Å². The zero-order valence-electron chi connectivity index (χ0n) is 14.0. The Kier molecular flexibility index (Phi) is 6.41. The van der Waals surface area contributed by atoms with Gasteiger partial charge in [-0.1, -0.05) is 0 Å². The minimum absolute atomic E-state index is 0.0582. The highest BCUT2D eigenvalue weighted by molar-refractivity contribution is 7.89. The molecule has 1 aliphatic heterocycles. The number of ether oxygens (including phenoxy) is 2. The molecule has 7 heteroatoms. The first-order chi connectivity index (χ1) is 10.9. The van der Waals surface area contributed by atoms with Crippen LogP contribution in [-0.4, -0.2) is 58.8 Å². The Labute approximate surface area is 138 Å². The average Bonchev–Trinajstić information content (AvgIpc) is 2.49. The molecule has 0 radical (unpaired) electrons. The Hall–Kier alpha value is -1.15. The molecule has 23 heavy (non-hydrogen) atoms. The lowest BCUT2D eigenvalue weighted by Gasteiger charge is -2.26. The van der Waals surface area contributed by atoms with Gasteiger partial charge in [0.15, 0.2) is 0 Å². The van der Waals surface area contributed by atoms with Crippen LogP contribution in [-0.2, 0) is 14.8 Å². The van der Waals surface area contributed by atoms with Gasteiger partial charge in [0.1, 0.15) is 5.75 Å². The fraction of sp³-hybridized carbons (Fsp3) is 0.625. The molecule has 2 rings (SSSR count). The zero-order chi connectivity index (χ0) is 16.9. The second kappa shape index (κ2) is 8.10. The highest BCUT2D eigenvalue weighted by atomic mass is 32.2. The lowest BCUT2D eigenvalue weighted by molar-refractivity contribution is 0.0390. The third-order valence-corrected chi connectivity index (χ3v) is 5.10. The number of hydrogen-bond acceptors (Lipinski definition) is 5. The van der Waals surface area contributed by atoms with Crippen molar-refractivity contribution in [3.05, 3.63) is 23.8 Å². The molecule has 0 amide bonds. The topological polar surface area (TPSA) is 67.9 Å². The van der Waals surface area contributed by atoms with Crippen molar-refractivity contribution in [3.8, 4) is 5.75 Å². The van der Waals surface area contributed by atoms with Crippen LogP contribution in [0.15, 0.2) is 23.1 Å². The van der Waals surface area contributed by atoms with Crippen LogP contribution in [0.5, 0.6) is 5.75 Å². The van der Waals surface area contributed by atoms with Crippen molar-refractivity contribution in [1.29, 1.82) is 0 Å². The highest BCUT2D eigenvalue weighted by Gasteiger charge is 2.17. The Balaban J connectivity index is 1.94. The normalized spacial score (nSPS) is 16.7. The van der Waals surface area contributed by atoms with E-state index in [9.17, 15) is 8.42 Å². The summed E-state index contributed by atoms with van der Waals surface area (Å²) >= 11 is 0. The smallest absolute Gasteiger partial charge is 0.240 e. The van der Waals surface area contributed by atoms with Gasteiger partial charge in [-0.25, -0.2) is 13.1 Å². The highest BCUT2D eigenvalue weighted by Crippen LogP contribution is 2.22. The first kappa shape index (κ1) is 18.2. The SMILES string of the molecule is Cc1cc(S(=O)(=O)NCCN2CCOCC2)ccc1OC(C)C. The molecule has 6 nitrogen and oxygen atoms in total. The summed E-state index contributed by atoms with van der Waals surface area (Å²) in [5.41, 5.74) is 0.815. The maximum absolute atomic E-state index is 12.4. The number of sulfonamides is 1. The van der Waals surface area contributed by atoms with Gasteiger partial charge in [0.25, 0.3) is 0 Å². The molecular weight excluding hydrogens is 316 g/mol. The van der Waals surface area contributed by atoms with Gasteiger partial charge in [-0.2, -0.15) is 0 Å². The molecule has 0 aliphatic carbocycles. The second-order valence-electron chi connectivity index (χ2n) is 5.95. The number of aryl methyl sites for hydroxylation is 1. The summed E-state index contributed by atoms with van der Waals surface area (Å²) in [5.74, 6) is 0.715. The summed E-state index contributed by atoms with van der Waals surface area (Å²) in [6.07, 6.45) is 0.0582. The van der Waals surface area contributed by atoms with Crippen LogP contribution < -0.4 is 9.46 Å². The maximum Gasteiger partial charge on any atom is 0.240 e. The predicted octanol–water partition coefficient (Wildman–Crippen LogP) is 1.39. The lowest BCUT2D eigenvalue weighted by Crippen LogP contribution is -2.41. The molecule has 0 aromatic heterocycles. The van der Waals surface area contributed by atoms with E-state index >= 15 is 0 Å². The van der Waals surface area contributed by atoms with Crippen molar-refractivity contribution in [2.75, 3.05) is 39.4 Å². The molecule has 0 bridgehead atoms. The van der Waals surface area contributed by atoms with Gasteiger partial charge in [-0.05, 0) is 44.5 Å². The molecule has 1 N–H and O–H groups in total. The molecule has 0 atom stereocenters. The van der Waals surface area contributed by atoms with E-state index in [2.05, 4.69) is 9.62 Å². The average molecular weight is 342 g/mol. The molecule has 0 saturated carbocycles. The van der Waals surface area contributed by atoms with Crippen LogP contribution in [0.3, 0.4) is 0 Å². The third kappa shape index (κ3) is 5.46. The fourth-order valence-electron chi connectivity index (χ4n) is 2.42. The van der Waals surface area contributed by atoms with Gasteiger partial charge >= 0.3 is 0 Å². The monoisotopic (exact) mass is 342 g/mol. The molecule has 1 saturated heterocycles. The first-order valence-corrected chi connectivity index (χ1v) is 9.44. The van der Waals surface area contributed by atoms with Gasteiger partial charge in [-0.3, -0.25) is 4.90 Å². The van der Waals surface area contributed by atoms with Crippen LogP contribution >= 0.6 is 0 Å². The quantitative estimate of drug-likeness (QED) is 0.811. The summed E-state index contributed by atoms with van der Waals surface area (Å²) in [6.45, 7) is 9.94. The van der Waals surface area contributed by atoms with Crippen molar-refractivity contribution < 1.29 is 17.9 Å². The number of benzene rings is 1. The van der Waals surface area contributed by atoms with E-state index in [4.69, 9.17) is 9.47 Å². The number of morpholine rings is 1. The summed E-state index contributed by atoms with van der Waals surface area (Å²) in [4.78, 5) is 2.46. The predicted molar refractivity (Wildman–Crippen MR) is 89.4 cm³/mol. The molecule has 1 aliphatic rings. The third-order valence-electron chi connectivity index (χ3n) is 3.64. The Bertz CT molecular complexity index is 611. The van der Waals surface area contributed by atoms with Crippen molar-refractivity contribution in [1.82, 2.24) is 9.62 Å². The van der Waals surface area contributed by atoms with E-state index < -0.39 is 10.0 Å². The van der Waals surface area contributed by atoms with Gasteiger partial charge in [0, 0.05) is 26.2 Å². The molecule has 130 valence electrons. The van der Waals surface area contributed by atoms with E-state index in [0.717, 1.165) is 18.7 Å². The second-order valence-corrected chi connectivity index (χ2v) is 7.71. The minimum atomic E-state index is -3.49. The van der Waals surface area contributed by atoms with E-state index in [-0.39, 0.29) is 11.0 Å². The summed E-state index contributed by atoms with van der Waals surface area (Å²) in [7, 11) is -3.49. The van der Waals surface area contributed by atoms with Gasteiger partial charge < -0.3 is 9.47 Å². The van der Waals surface area contributed by atoms with Crippen LogP contribution in [0.1, 0.15) is 19.4 Å². The number of nitrogens with zero attached hydrogens (tertiary/aromatic N) is 1. The maximum atomic E-state index is 12.4. The first-order valence-electron chi connectivity index (χ1n) is 7.95. The van der Waals surface area contributed by atoms with Crippen molar-refractivity contribution in [2.24, 2.45) is 0 Å². The molecule has 0 unspecified atom stereocenters. The Morgan fingerprint density at radius 2 is 2.00 bits per heavy atom. The number of nitrogens with one attached hydrogen (secondary N) is 1. The Morgan fingerprint density at radius 3 is 2.61 bits per heavy atom. The van der Waals surface area contributed by atoms with Crippen molar-refractivity contribution in [2.45, 2.75) is 31.8 Å². The molecule has 1 aromatic carbocycles. The van der Waals surface area contributed by atoms with Crippen LogP contribution in [0.4, 0.5) is 0 Å².